The van der Waals surface area contributed by atoms with Crippen LogP contribution in [0.1, 0.15) is 27.2 Å². The van der Waals surface area contributed by atoms with Crippen LogP contribution in [0, 0.1) is 0 Å². The molecule has 0 saturated carbocycles. The summed E-state index contributed by atoms with van der Waals surface area (Å²) in [5, 5.41) is 4.64. The van der Waals surface area contributed by atoms with Gasteiger partial charge in [-0.05, 0) is 45.4 Å². The molecule has 1 atom stereocenters. The lowest BCUT2D eigenvalue weighted by Gasteiger charge is -2.27. The van der Waals surface area contributed by atoms with Crippen molar-refractivity contribution in [3.8, 4) is 0 Å². The lowest BCUT2D eigenvalue weighted by Crippen LogP contribution is -2.31. The Bertz CT molecular complexity index is 380. The van der Waals surface area contributed by atoms with Crippen LogP contribution in [0.15, 0.2) is 18.2 Å². The molecule has 0 aromatic heterocycles. The number of hydrogen-bond donors (Lipinski definition) is 1. The molecule has 1 rings (SSSR count). The Morgan fingerprint density at radius 2 is 2.00 bits per heavy atom. The number of methoxy groups -OCH3 is 1. The molecular formula is C13H19Cl2NO. The van der Waals surface area contributed by atoms with Gasteiger partial charge in [-0.2, -0.15) is 0 Å². The van der Waals surface area contributed by atoms with Crippen LogP contribution in [0.2, 0.25) is 10.0 Å². The smallest absolute Gasteiger partial charge is 0.0652 e. The Labute approximate surface area is 113 Å². The Morgan fingerprint density at radius 3 is 2.53 bits per heavy atom. The highest BCUT2D eigenvalue weighted by Crippen LogP contribution is 2.27. The average molecular weight is 276 g/mol. The van der Waals surface area contributed by atoms with Gasteiger partial charge in [-0.25, -0.2) is 0 Å². The molecule has 0 saturated heterocycles. The van der Waals surface area contributed by atoms with Crippen LogP contribution < -0.4 is 5.32 Å². The molecule has 0 aliphatic heterocycles. The van der Waals surface area contributed by atoms with Crippen LogP contribution in [-0.4, -0.2) is 18.8 Å². The highest BCUT2D eigenvalue weighted by Gasteiger charge is 2.20. The number of anilines is 1. The summed E-state index contributed by atoms with van der Waals surface area (Å²) in [7, 11) is 1.72. The molecule has 96 valence electrons. The van der Waals surface area contributed by atoms with Crippen molar-refractivity contribution in [3.05, 3.63) is 28.2 Å². The fourth-order valence-corrected chi connectivity index (χ4v) is 2.21. The molecule has 0 aliphatic carbocycles. The van der Waals surface area contributed by atoms with E-state index in [4.69, 9.17) is 27.9 Å². The second-order valence-electron chi connectivity index (χ2n) is 4.84. The summed E-state index contributed by atoms with van der Waals surface area (Å²) in [4.78, 5) is 0. The maximum Gasteiger partial charge on any atom is 0.0652 e. The molecule has 4 heteroatoms. The predicted molar refractivity (Wildman–Crippen MR) is 75.3 cm³/mol. The Hall–Kier alpha value is -0.440. The molecule has 0 heterocycles. The molecule has 0 bridgehead atoms. The molecular weight excluding hydrogens is 257 g/mol. The maximum absolute atomic E-state index is 6.10. The molecule has 2 nitrogen and oxygen atoms in total. The molecule has 1 unspecified atom stereocenters. The monoisotopic (exact) mass is 275 g/mol. The van der Waals surface area contributed by atoms with Crippen molar-refractivity contribution in [2.75, 3.05) is 12.4 Å². The highest BCUT2D eigenvalue weighted by atomic mass is 35.5. The Kier molecular flexibility index (Phi) is 5.11. The summed E-state index contributed by atoms with van der Waals surface area (Å²) in [5.74, 6) is 0. The van der Waals surface area contributed by atoms with E-state index in [1.807, 2.05) is 12.1 Å². The number of ether oxygens (including phenoxy) is 1. The van der Waals surface area contributed by atoms with Gasteiger partial charge in [-0.15, -0.1) is 0 Å². The van der Waals surface area contributed by atoms with Gasteiger partial charge in [-0.1, -0.05) is 23.2 Å². The van der Waals surface area contributed by atoms with E-state index in [0.717, 1.165) is 12.1 Å². The van der Waals surface area contributed by atoms with Gasteiger partial charge in [0.2, 0.25) is 0 Å². The lowest BCUT2D eigenvalue weighted by molar-refractivity contribution is 0.0128. The standard InChI is InChI=1S/C13H19Cl2NO/c1-9(8-13(2,3)17-4)16-12-6-5-10(14)7-11(12)15/h5-7,9,16H,8H2,1-4H3. The van der Waals surface area contributed by atoms with Gasteiger partial charge in [0, 0.05) is 18.2 Å². The van der Waals surface area contributed by atoms with Gasteiger partial charge in [-0.3, -0.25) is 0 Å². The van der Waals surface area contributed by atoms with Gasteiger partial charge in [0.1, 0.15) is 0 Å². The van der Waals surface area contributed by atoms with Crippen LogP contribution >= 0.6 is 23.2 Å². The van der Waals surface area contributed by atoms with Gasteiger partial charge in [0.15, 0.2) is 0 Å². The molecule has 1 N–H and O–H groups in total. The first-order valence-electron chi connectivity index (χ1n) is 5.61. The summed E-state index contributed by atoms with van der Waals surface area (Å²) in [6, 6.07) is 5.72. The van der Waals surface area contributed by atoms with E-state index in [9.17, 15) is 0 Å². The number of nitrogens with one attached hydrogen (secondary N) is 1. The minimum Gasteiger partial charge on any atom is -0.381 e. The van der Waals surface area contributed by atoms with E-state index < -0.39 is 0 Å². The third kappa shape index (κ3) is 4.74. The zero-order chi connectivity index (χ0) is 13.1. The summed E-state index contributed by atoms with van der Waals surface area (Å²) >= 11 is 12.0. The van der Waals surface area contributed by atoms with Gasteiger partial charge in [0.25, 0.3) is 0 Å². The topological polar surface area (TPSA) is 21.3 Å². The first kappa shape index (κ1) is 14.6. The first-order chi connectivity index (χ1) is 7.84. The van der Waals surface area contributed by atoms with Gasteiger partial charge in [0.05, 0.1) is 16.3 Å². The second kappa shape index (κ2) is 5.94. The first-order valence-corrected chi connectivity index (χ1v) is 6.36. The van der Waals surface area contributed by atoms with E-state index in [-0.39, 0.29) is 11.6 Å². The van der Waals surface area contributed by atoms with Crippen molar-refractivity contribution < 1.29 is 4.74 Å². The second-order valence-corrected chi connectivity index (χ2v) is 5.68. The van der Waals surface area contributed by atoms with Crippen molar-refractivity contribution >= 4 is 28.9 Å². The van der Waals surface area contributed by atoms with Crippen molar-refractivity contribution in [3.63, 3.8) is 0 Å². The largest absolute Gasteiger partial charge is 0.381 e. The Balaban J connectivity index is 2.65. The predicted octanol–water partition coefficient (Wildman–Crippen LogP) is 4.61. The normalized spacial score (nSPS) is 13.5. The molecule has 1 aromatic rings. The van der Waals surface area contributed by atoms with Crippen molar-refractivity contribution in [2.45, 2.75) is 38.8 Å². The van der Waals surface area contributed by atoms with Gasteiger partial charge < -0.3 is 10.1 Å². The van der Waals surface area contributed by atoms with Crippen molar-refractivity contribution in [1.29, 1.82) is 0 Å². The third-order valence-corrected chi connectivity index (χ3v) is 3.23. The SMILES string of the molecule is COC(C)(C)CC(C)Nc1ccc(Cl)cc1Cl. The van der Waals surface area contributed by atoms with E-state index in [0.29, 0.717) is 10.0 Å². The van der Waals surface area contributed by atoms with E-state index >= 15 is 0 Å². The molecule has 0 radical (unpaired) electrons. The molecule has 0 spiro atoms. The number of rotatable bonds is 5. The minimum absolute atomic E-state index is 0.148. The van der Waals surface area contributed by atoms with Crippen LogP contribution in [-0.2, 0) is 4.74 Å². The molecule has 1 aromatic carbocycles. The van der Waals surface area contributed by atoms with E-state index in [1.54, 1.807) is 13.2 Å². The number of benzene rings is 1. The average Bonchev–Trinajstić information content (AvgIpc) is 2.21. The van der Waals surface area contributed by atoms with Crippen molar-refractivity contribution in [1.82, 2.24) is 0 Å². The van der Waals surface area contributed by atoms with Crippen molar-refractivity contribution in [2.24, 2.45) is 0 Å². The lowest BCUT2D eigenvalue weighted by atomic mass is 10.00. The van der Waals surface area contributed by atoms with Crippen LogP contribution in [0.4, 0.5) is 5.69 Å². The maximum atomic E-state index is 6.10. The van der Waals surface area contributed by atoms with E-state index in [2.05, 4.69) is 26.1 Å². The molecule has 0 fully saturated rings. The van der Waals surface area contributed by atoms with Crippen LogP contribution in [0.5, 0.6) is 0 Å². The third-order valence-electron chi connectivity index (χ3n) is 2.68. The number of hydrogen-bond acceptors (Lipinski definition) is 2. The zero-order valence-electron chi connectivity index (χ0n) is 10.7. The fraction of sp³-hybridized carbons (Fsp3) is 0.538. The fourth-order valence-electron chi connectivity index (χ4n) is 1.74. The van der Waals surface area contributed by atoms with Gasteiger partial charge >= 0.3 is 0 Å². The number of halogens is 2. The molecule has 17 heavy (non-hydrogen) atoms. The summed E-state index contributed by atoms with van der Waals surface area (Å²) in [6.45, 7) is 6.23. The molecule has 0 aliphatic rings. The van der Waals surface area contributed by atoms with E-state index in [1.165, 1.54) is 0 Å². The highest BCUT2D eigenvalue weighted by molar-refractivity contribution is 6.36. The van der Waals surface area contributed by atoms with Crippen LogP contribution in [0.3, 0.4) is 0 Å². The zero-order valence-corrected chi connectivity index (χ0v) is 12.2. The van der Waals surface area contributed by atoms with Crippen LogP contribution in [0.25, 0.3) is 0 Å². The summed E-state index contributed by atoms with van der Waals surface area (Å²) < 4.78 is 5.40. The minimum atomic E-state index is -0.148. The quantitative estimate of drug-likeness (QED) is 0.848. The summed E-state index contributed by atoms with van der Waals surface area (Å²) in [5.41, 5.74) is 0.751. The summed E-state index contributed by atoms with van der Waals surface area (Å²) in [6.07, 6.45) is 0.891. The Morgan fingerprint density at radius 1 is 1.35 bits per heavy atom. The molecule has 0 amide bonds.